The first-order valence-electron chi connectivity index (χ1n) is 2.85. The zero-order chi connectivity index (χ0) is 7.11. The standard InChI is InChI=1S/C7H11NO/c1-3-5-7(9)8-6-4-2/h3-6H,1-2H3,(H,8,9)/b5-3+,6-4+. The molecule has 0 spiro atoms. The van der Waals surface area contributed by atoms with Crippen LogP contribution in [-0.4, -0.2) is 5.91 Å². The quantitative estimate of drug-likeness (QED) is 0.552. The summed E-state index contributed by atoms with van der Waals surface area (Å²) >= 11 is 0. The van der Waals surface area contributed by atoms with Gasteiger partial charge in [-0.3, -0.25) is 4.79 Å². The lowest BCUT2D eigenvalue weighted by Crippen LogP contribution is -2.12. The Morgan fingerprint density at radius 2 is 2.00 bits per heavy atom. The maximum absolute atomic E-state index is 10.6. The van der Waals surface area contributed by atoms with Crippen LogP contribution in [0.5, 0.6) is 0 Å². The molecule has 1 N–H and O–H groups in total. The van der Waals surface area contributed by atoms with Gasteiger partial charge in [-0.05, 0) is 26.1 Å². The molecule has 0 aromatic carbocycles. The molecule has 0 aromatic rings. The monoisotopic (exact) mass is 125 g/mol. The summed E-state index contributed by atoms with van der Waals surface area (Å²) in [4.78, 5) is 10.6. The van der Waals surface area contributed by atoms with Gasteiger partial charge in [0.25, 0.3) is 0 Å². The minimum atomic E-state index is -0.0874. The first kappa shape index (κ1) is 7.95. The highest BCUT2D eigenvalue weighted by Gasteiger charge is 1.84. The molecule has 0 aliphatic rings. The summed E-state index contributed by atoms with van der Waals surface area (Å²) in [5.41, 5.74) is 0. The molecule has 0 unspecified atom stereocenters. The summed E-state index contributed by atoms with van der Waals surface area (Å²) in [6, 6.07) is 0. The van der Waals surface area contributed by atoms with Crippen LogP contribution in [0, 0.1) is 0 Å². The highest BCUT2D eigenvalue weighted by molar-refractivity contribution is 5.88. The molecule has 0 aromatic heterocycles. The molecule has 0 aliphatic heterocycles. The molecule has 0 bridgehead atoms. The fraction of sp³-hybridized carbons (Fsp3) is 0.286. The number of nitrogens with one attached hydrogen (secondary N) is 1. The number of rotatable bonds is 2. The zero-order valence-electron chi connectivity index (χ0n) is 5.72. The fourth-order valence-electron chi connectivity index (χ4n) is 0.365. The van der Waals surface area contributed by atoms with Gasteiger partial charge in [0, 0.05) is 0 Å². The molecule has 0 saturated carbocycles. The molecular formula is C7H11NO. The Kier molecular flexibility index (Phi) is 4.50. The largest absolute Gasteiger partial charge is 0.329 e. The second kappa shape index (κ2) is 5.09. The van der Waals surface area contributed by atoms with Gasteiger partial charge in [-0.15, -0.1) is 0 Å². The predicted molar refractivity (Wildman–Crippen MR) is 37.8 cm³/mol. The van der Waals surface area contributed by atoms with Crippen LogP contribution >= 0.6 is 0 Å². The lowest BCUT2D eigenvalue weighted by Gasteiger charge is -1.88. The molecule has 0 aliphatic carbocycles. The smallest absolute Gasteiger partial charge is 0.247 e. The Labute approximate surface area is 55.3 Å². The second-order valence-corrected chi connectivity index (χ2v) is 1.51. The van der Waals surface area contributed by atoms with E-state index in [9.17, 15) is 4.79 Å². The van der Waals surface area contributed by atoms with Crippen molar-refractivity contribution in [1.82, 2.24) is 5.32 Å². The average molecular weight is 125 g/mol. The number of allylic oxidation sites excluding steroid dienone is 2. The van der Waals surface area contributed by atoms with E-state index in [-0.39, 0.29) is 5.91 Å². The Balaban J connectivity index is 3.51. The average Bonchev–Trinajstić information content (AvgIpc) is 1.85. The van der Waals surface area contributed by atoms with Crippen LogP contribution in [0.2, 0.25) is 0 Å². The minimum Gasteiger partial charge on any atom is -0.329 e. The van der Waals surface area contributed by atoms with E-state index in [2.05, 4.69) is 5.32 Å². The van der Waals surface area contributed by atoms with Crippen LogP contribution in [0.4, 0.5) is 0 Å². The lowest BCUT2D eigenvalue weighted by atomic mass is 10.5. The van der Waals surface area contributed by atoms with Gasteiger partial charge in [-0.2, -0.15) is 0 Å². The third-order valence-corrected chi connectivity index (χ3v) is 0.710. The van der Waals surface area contributed by atoms with Crippen molar-refractivity contribution in [2.24, 2.45) is 0 Å². The van der Waals surface area contributed by atoms with Crippen molar-refractivity contribution >= 4 is 5.91 Å². The minimum absolute atomic E-state index is 0.0874. The molecule has 2 nitrogen and oxygen atoms in total. The van der Waals surface area contributed by atoms with Crippen molar-refractivity contribution in [1.29, 1.82) is 0 Å². The SMILES string of the molecule is C/C=C/NC(=O)/C=C/C. The van der Waals surface area contributed by atoms with Crippen molar-refractivity contribution in [3.05, 3.63) is 24.4 Å². The van der Waals surface area contributed by atoms with Gasteiger partial charge < -0.3 is 5.32 Å². The van der Waals surface area contributed by atoms with Crippen LogP contribution in [0.1, 0.15) is 13.8 Å². The van der Waals surface area contributed by atoms with Crippen molar-refractivity contribution in [3.63, 3.8) is 0 Å². The third kappa shape index (κ3) is 4.81. The Bertz CT molecular complexity index is 136. The molecule has 0 rings (SSSR count). The predicted octanol–water partition coefficient (Wildman–Crippen LogP) is 1.21. The highest BCUT2D eigenvalue weighted by Crippen LogP contribution is 1.71. The van der Waals surface area contributed by atoms with Gasteiger partial charge in [0.1, 0.15) is 0 Å². The third-order valence-electron chi connectivity index (χ3n) is 0.710. The van der Waals surface area contributed by atoms with Crippen LogP contribution < -0.4 is 5.32 Å². The van der Waals surface area contributed by atoms with Gasteiger partial charge in [0.2, 0.25) is 5.91 Å². The summed E-state index contributed by atoms with van der Waals surface area (Å²) in [5.74, 6) is -0.0874. The zero-order valence-corrected chi connectivity index (χ0v) is 5.72. The summed E-state index contributed by atoms with van der Waals surface area (Å²) in [6.45, 7) is 3.64. The van der Waals surface area contributed by atoms with E-state index in [1.54, 1.807) is 25.3 Å². The fourth-order valence-corrected chi connectivity index (χ4v) is 0.365. The van der Waals surface area contributed by atoms with Gasteiger partial charge >= 0.3 is 0 Å². The number of carbonyl (C=O) groups is 1. The number of hydrogen-bond acceptors (Lipinski definition) is 1. The molecule has 0 fully saturated rings. The Morgan fingerprint density at radius 1 is 1.33 bits per heavy atom. The van der Waals surface area contributed by atoms with Crippen molar-refractivity contribution < 1.29 is 4.79 Å². The molecule has 50 valence electrons. The van der Waals surface area contributed by atoms with E-state index in [1.165, 1.54) is 6.08 Å². The number of amides is 1. The molecule has 2 heteroatoms. The van der Waals surface area contributed by atoms with Gasteiger partial charge in [0.05, 0.1) is 0 Å². The topological polar surface area (TPSA) is 29.1 Å². The highest BCUT2D eigenvalue weighted by atomic mass is 16.1. The maximum Gasteiger partial charge on any atom is 0.247 e. The molecule has 9 heavy (non-hydrogen) atoms. The maximum atomic E-state index is 10.6. The van der Waals surface area contributed by atoms with E-state index >= 15 is 0 Å². The number of carbonyl (C=O) groups excluding carboxylic acids is 1. The summed E-state index contributed by atoms with van der Waals surface area (Å²) in [7, 11) is 0. The molecule has 0 atom stereocenters. The lowest BCUT2D eigenvalue weighted by molar-refractivity contribution is -0.115. The molecule has 0 radical (unpaired) electrons. The Hall–Kier alpha value is -1.05. The molecule has 1 amide bonds. The van der Waals surface area contributed by atoms with Crippen molar-refractivity contribution in [3.8, 4) is 0 Å². The van der Waals surface area contributed by atoms with E-state index < -0.39 is 0 Å². The summed E-state index contributed by atoms with van der Waals surface area (Å²) in [5, 5.41) is 2.53. The normalized spacial score (nSPS) is 10.9. The first-order valence-corrected chi connectivity index (χ1v) is 2.85. The summed E-state index contributed by atoms with van der Waals surface area (Å²) < 4.78 is 0. The molecule has 0 heterocycles. The van der Waals surface area contributed by atoms with Crippen LogP contribution in [0.25, 0.3) is 0 Å². The van der Waals surface area contributed by atoms with Crippen LogP contribution in [0.15, 0.2) is 24.4 Å². The molecular weight excluding hydrogens is 114 g/mol. The van der Waals surface area contributed by atoms with Crippen molar-refractivity contribution in [2.45, 2.75) is 13.8 Å². The Morgan fingerprint density at radius 3 is 2.44 bits per heavy atom. The van der Waals surface area contributed by atoms with Crippen LogP contribution in [0.3, 0.4) is 0 Å². The van der Waals surface area contributed by atoms with E-state index in [0.717, 1.165) is 0 Å². The molecule has 0 saturated heterocycles. The van der Waals surface area contributed by atoms with Gasteiger partial charge in [-0.1, -0.05) is 12.2 Å². The van der Waals surface area contributed by atoms with E-state index in [4.69, 9.17) is 0 Å². The summed E-state index contributed by atoms with van der Waals surface area (Å²) in [6.07, 6.45) is 6.53. The number of hydrogen-bond donors (Lipinski definition) is 1. The first-order chi connectivity index (χ1) is 4.31. The second-order valence-electron chi connectivity index (χ2n) is 1.51. The van der Waals surface area contributed by atoms with E-state index in [0.29, 0.717) is 0 Å². The van der Waals surface area contributed by atoms with E-state index in [1.807, 2.05) is 6.92 Å². The van der Waals surface area contributed by atoms with Gasteiger partial charge in [0.15, 0.2) is 0 Å². The van der Waals surface area contributed by atoms with Gasteiger partial charge in [-0.25, -0.2) is 0 Å². The van der Waals surface area contributed by atoms with Crippen molar-refractivity contribution in [2.75, 3.05) is 0 Å². The van der Waals surface area contributed by atoms with Crippen LogP contribution in [-0.2, 0) is 4.79 Å².